The van der Waals surface area contributed by atoms with Gasteiger partial charge in [-0.3, -0.25) is 10.1 Å². The van der Waals surface area contributed by atoms with Crippen molar-refractivity contribution >= 4 is 5.96 Å². The molecule has 8 nitrogen and oxygen atoms in total. The zero-order valence-electron chi connectivity index (χ0n) is 15.2. The third-order valence-electron chi connectivity index (χ3n) is 4.38. The van der Waals surface area contributed by atoms with Crippen LogP contribution in [0.2, 0.25) is 0 Å². The first-order valence-electron chi connectivity index (χ1n) is 8.96. The van der Waals surface area contributed by atoms with Gasteiger partial charge in [0, 0.05) is 20.0 Å². The Bertz CT molecular complexity index is 916. The first-order valence-corrected chi connectivity index (χ1v) is 8.96. The minimum atomic E-state index is 0.490. The first kappa shape index (κ1) is 17.1. The van der Waals surface area contributed by atoms with Gasteiger partial charge in [-0.05, 0) is 35.7 Å². The molecule has 0 amide bonds. The number of H-pyrrole nitrogens is 1. The molecule has 0 spiro atoms. The van der Waals surface area contributed by atoms with E-state index >= 15 is 0 Å². The van der Waals surface area contributed by atoms with Crippen molar-refractivity contribution in [3.8, 4) is 17.3 Å². The van der Waals surface area contributed by atoms with Gasteiger partial charge < -0.3 is 19.8 Å². The summed E-state index contributed by atoms with van der Waals surface area (Å²) in [5, 5.41) is 13.6. The van der Waals surface area contributed by atoms with Crippen LogP contribution in [0.25, 0.3) is 11.6 Å². The molecule has 1 aliphatic heterocycles. The van der Waals surface area contributed by atoms with Gasteiger partial charge in [-0.15, -0.1) is 5.10 Å². The molecule has 8 heteroatoms. The van der Waals surface area contributed by atoms with Gasteiger partial charge in [0.15, 0.2) is 11.7 Å². The van der Waals surface area contributed by atoms with Gasteiger partial charge in [0.2, 0.25) is 5.82 Å². The number of hydrogen-bond acceptors (Lipinski definition) is 5. The van der Waals surface area contributed by atoms with E-state index in [0.717, 1.165) is 37.7 Å². The van der Waals surface area contributed by atoms with Crippen molar-refractivity contribution in [1.29, 1.82) is 0 Å². The second-order valence-electron chi connectivity index (χ2n) is 6.23. The van der Waals surface area contributed by atoms with E-state index in [1.165, 1.54) is 11.1 Å². The average Bonchev–Trinajstić information content (AvgIpc) is 3.45. The van der Waals surface area contributed by atoms with Crippen molar-refractivity contribution in [1.82, 2.24) is 25.8 Å². The van der Waals surface area contributed by atoms with Crippen LogP contribution in [0.4, 0.5) is 0 Å². The van der Waals surface area contributed by atoms with Crippen LogP contribution < -0.4 is 15.4 Å². The predicted octanol–water partition coefficient (Wildman–Crippen LogP) is 1.91. The van der Waals surface area contributed by atoms with E-state index in [2.05, 4.69) is 49.0 Å². The molecule has 0 bridgehead atoms. The van der Waals surface area contributed by atoms with Crippen molar-refractivity contribution < 1.29 is 9.15 Å². The maximum absolute atomic E-state index is 5.55. The molecule has 0 fully saturated rings. The topological polar surface area (TPSA) is 100 Å². The number of nitrogens with one attached hydrogen (secondary N) is 3. The summed E-state index contributed by atoms with van der Waals surface area (Å²) in [5.74, 6) is 3.63. The van der Waals surface area contributed by atoms with Crippen LogP contribution in [0.3, 0.4) is 0 Å². The van der Waals surface area contributed by atoms with Crippen LogP contribution in [0.15, 0.2) is 46.0 Å². The third kappa shape index (κ3) is 4.11. The molecular formula is C19H22N6O2. The average molecular weight is 366 g/mol. The quantitative estimate of drug-likeness (QED) is 0.455. The summed E-state index contributed by atoms with van der Waals surface area (Å²) in [6.07, 6.45) is 3.51. The van der Waals surface area contributed by atoms with Gasteiger partial charge in [0.1, 0.15) is 11.6 Å². The molecule has 140 valence electrons. The van der Waals surface area contributed by atoms with Gasteiger partial charge in [0.25, 0.3) is 0 Å². The smallest absolute Gasteiger partial charge is 0.216 e. The highest BCUT2D eigenvalue weighted by Crippen LogP contribution is 2.25. The number of aromatic nitrogens is 3. The molecule has 0 saturated carbocycles. The van der Waals surface area contributed by atoms with E-state index in [1.807, 2.05) is 12.1 Å². The van der Waals surface area contributed by atoms with Gasteiger partial charge in [-0.2, -0.15) is 0 Å². The number of aromatic amines is 1. The van der Waals surface area contributed by atoms with Crippen LogP contribution in [0.5, 0.6) is 5.75 Å². The first-order chi connectivity index (χ1) is 13.3. The van der Waals surface area contributed by atoms with E-state index in [0.29, 0.717) is 24.0 Å². The van der Waals surface area contributed by atoms with E-state index in [-0.39, 0.29) is 0 Å². The Morgan fingerprint density at radius 2 is 2.26 bits per heavy atom. The fraction of sp³-hybridized carbons (Fsp3) is 0.316. The van der Waals surface area contributed by atoms with E-state index < -0.39 is 0 Å². The summed E-state index contributed by atoms with van der Waals surface area (Å²) in [7, 11) is 1.75. The summed E-state index contributed by atoms with van der Waals surface area (Å²) in [5.41, 5.74) is 2.59. The predicted molar refractivity (Wildman–Crippen MR) is 102 cm³/mol. The molecule has 0 saturated heterocycles. The highest BCUT2D eigenvalue weighted by atomic mass is 16.5. The molecular weight excluding hydrogens is 344 g/mol. The van der Waals surface area contributed by atoms with E-state index in [9.17, 15) is 0 Å². The molecule has 4 rings (SSSR count). The largest absolute Gasteiger partial charge is 0.493 e. The SMILES string of the molecule is CN=C(NCCc1ccc2c(c1)CCO2)NCc1nc(-c2ccco2)n[nH]1. The lowest BCUT2D eigenvalue weighted by Gasteiger charge is -2.11. The molecule has 3 aromatic rings. The lowest BCUT2D eigenvalue weighted by molar-refractivity contribution is 0.357. The van der Waals surface area contributed by atoms with E-state index in [1.54, 1.807) is 13.3 Å². The lowest BCUT2D eigenvalue weighted by Crippen LogP contribution is -2.38. The number of ether oxygens (including phenoxy) is 1. The maximum Gasteiger partial charge on any atom is 0.216 e. The number of nitrogens with zero attached hydrogens (tertiary/aromatic N) is 3. The Morgan fingerprint density at radius 3 is 3.11 bits per heavy atom. The molecule has 0 aliphatic carbocycles. The fourth-order valence-corrected chi connectivity index (χ4v) is 3.00. The van der Waals surface area contributed by atoms with Gasteiger partial charge in [0.05, 0.1) is 19.4 Å². The van der Waals surface area contributed by atoms with Gasteiger partial charge >= 0.3 is 0 Å². The Hall–Kier alpha value is -3.29. The summed E-state index contributed by atoms with van der Waals surface area (Å²) in [6, 6.07) is 10.0. The molecule has 3 heterocycles. The molecule has 0 radical (unpaired) electrons. The Morgan fingerprint density at radius 1 is 1.30 bits per heavy atom. The lowest BCUT2D eigenvalue weighted by atomic mass is 10.1. The minimum Gasteiger partial charge on any atom is -0.493 e. The highest BCUT2D eigenvalue weighted by molar-refractivity contribution is 5.79. The Kier molecular flexibility index (Phi) is 5.04. The second kappa shape index (κ2) is 7.94. The summed E-state index contributed by atoms with van der Waals surface area (Å²) >= 11 is 0. The molecule has 27 heavy (non-hydrogen) atoms. The van der Waals surface area contributed by atoms with Crippen molar-refractivity contribution in [2.75, 3.05) is 20.2 Å². The molecule has 3 N–H and O–H groups in total. The Balaban J connectivity index is 1.25. The molecule has 1 aliphatic rings. The third-order valence-corrected chi connectivity index (χ3v) is 4.38. The number of guanidine groups is 1. The van der Waals surface area contributed by atoms with Crippen LogP contribution >= 0.6 is 0 Å². The van der Waals surface area contributed by atoms with Crippen LogP contribution in [0, 0.1) is 0 Å². The van der Waals surface area contributed by atoms with Gasteiger partial charge in [-0.25, -0.2) is 4.98 Å². The fourth-order valence-electron chi connectivity index (χ4n) is 3.00. The molecule has 0 unspecified atom stereocenters. The number of hydrogen-bond donors (Lipinski definition) is 3. The molecule has 1 aromatic carbocycles. The number of rotatable bonds is 6. The summed E-state index contributed by atoms with van der Waals surface area (Å²) < 4.78 is 10.8. The van der Waals surface area contributed by atoms with Crippen LogP contribution in [-0.4, -0.2) is 41.3 Å². The number of aliphatic imine (C=N–C) groups is 1. The van der Waals surface area contributed by atoms with Crippen LogP contribution in [0.1, 0.15) is 17.0 Å². The molecule has 0 atom stereocenters. The molecule has 2 aromatic heterocycles. The van der Waals surface area contributed by atoms with Crippen molar-refractivity contribution in [2.45, 2.75) is 19.4 Å². The van der Waals surface area contributed by atoms with Gasteiger partial charge in [-0.1, -0.05) is 12.1 Å². The van der Waals surface area contributed by atoms with Crippen molar-refractivity contribution in [3.05, 3.63) is 53.5 Å². The minimum absolute atomic E-state index is 0.490. The highest BCUT2D eigenvalue weighted by Gasteiger charge is 2.12. The Labute approximate surface area is 157 Å². The number of benzene rings is 1. The summed E-state index contributed by atoms with van der Waals surface area (Å²) in [4.78, 5) is 8.65. The maximum atomic E-state index is 5.55. The van der Waals surface area contributed by atoms with Crippen LogP contribution in [-0.2, 0) is 19.4 Å². The number of fused-ring (bicyclic) bond motifs is 1. The number of furan rings is 1. The zero-order chi connectivity index (χ0) is 18.5. The monoisotopic (exact) mass is 366 g/mol. The standard InChI is InChI=1S/C19H22N6O2/c1-20-19(21-8-6-13-4-5-15-14(11-13)7-10-27-15)22-12-17-23-18(25-24-17)16-3-2-9-26-16/h2-5,9,11H,6-8,10,12H2,1H3,(H2,20,21,22)(H,23,24,25). The normalized spacial score (nSPS) is 13.3. The van der Waals surface area contributed by atoms with Crippen molar-refractivity contribution in [2.24, 2.45) is 4.99 Å². The zero-order valence-corrected chi connectivity index (χ0v) is 15.2. The van der Waals surface area contributed by atoms with E-state index in [4.69, 9.17) is 9.15 Å². The second-order valence-corrected chi connectivity index (χ2v) is 6.23. The summed E-state index contributed by atoms with van der Waals surface area (Å²) in [6.45, 7) is 2.06. The van der Waals surface area contributed by atoms with Crippen molar-refractivity contribution in [3.63, 3.8) is 0 Å².